The molecule has 4 nitrogen and oxygen atoms in total. The molecule has 3 rings (SSSR count). The number of imidazole rings is 1. The Morgan fingerprint density at radius 2 is 1.84 bits per heavy atom. The van der Waals surface area contributed by atoms with Crippen LogP contribution < -0.4 is 4.78 Å². The summed E-state index contributed by atoms with van der Waals surface area (Å²) >= 11 is 1.65. The summed E-state index contributed by atoms with van der Waals surface area (Å²) in [5.74, 6) is 0.882. The normalized spacial score (nSPS) is 20.9. The second-order valence-electron chi connectivity index (χ2n) is 5.73. The van der Waals surface area contributed by atoms with E-state index in [1.54, 1.807) is 17.5 Å². The van der Waals surface area contributed by atoms with Gasteiger partial charge in [-0.2, -0.15) is 0 Å². The summed E-state index contributed by atoms with van der Waals surface area (Å²) in [6.45, 7) is 8.25. The quantitative estimate of drug-likeness (QED) is 0.857. The van der Waals surface area contributed by atoms with Gasteiger partial charge < -0.3 is 14.3 Å². The first-order valence-corrected chi connectivity index (χ1v) is 7.16. The number of nitrogens with zero attached hydrogens (tertiary/aromatic N) is 1. The third kappa shape index (κ3) is 2.14. The van der Waals surface area contributed by atoms with Crippen molar-refractivity contribution in [1.29, 1.82) is 0 Å². The standard InChI is InChI=1S/C13H17BN2O2S/c1-12(2)13(3,4)18-14(17-12)10-6-5-9(19-10)11-15-7-8-16-11/h5-8H,1-4H3,(H,15,16). The van der Waals surface area contributed by atoms with Crippen LogP contribution in [0.25, 0.3) is 10.7 Å². The zero-order chi connectivity index (χ0) is 13.7. The Morgan fingerprint density at radius 3 is 2.42 bits per heavy atom. The largest absolute Gasteiger partial charge is 0.505 e. The lowest BCUT2D eigenvalue weighted by atomic mass is 9.88. The number of hydrogen-bond acceptors (Lipinski definition) is 4. The molecule has 0 radical (unpaired) electrons. The molecule has 3 heterocycles. The third-order valence-corrected chi connectivity index (χ3v) is 4.96. The number of rotatable bonds is 2. The van der Waals surface area contributed by atoms with Crippen molar-refractivity contribution in [2.45, 2.75) is 38.9 Å². The summed E-state index contributed by atoms with van der Waals surface area (Å²) in [5.41, 5.74) is -0.598. The van der Waals surface area contributed by atoms with Gasteiger partial charge >= 0.3 is 7.12 Å². The maximum Gasteiger partial charge on any atom is 0.505 e. The number of nitrogens with one attached hydrogen (secondary N) is 1. The molecule has 100 valence electrons. The zero-order valence-electron chi connectivity index (χ0n) is 11.6. The molecule has 0 unspecified atom stereocenters. The van der Waals surface area contributed by atoms with Gasteiger partial charge in [0.2, 0.25) is 0 Å². The summed E-state index contributed by atoms with van der Waals surface area (Å²) < 4.78 is 13.2. The molecule has 0 bridgehead atoms. The lowest BCUT2D eigenvalue weighted by Gasteiger charge is -2.32. The molecule has 0 aromatic carbocycles. The van der Waals surface area contributed by atoms with Crippen molar-refractivity contribution in [3.05, 3.63) is 24.5 Å². The SMILES string of the molecule is CC1(C)OB(c2ccc(-c3ncc[nH]3)s2)OC1(C)C. The average molecular weight is 276 g/mol. The molecule has 1 aliphatic heterocycles. The van der Waals surface area contributed by atoms with E-state index in [0.29, 0.717) is 0 Å². The van der Waals surface area contributed by atoms with Gasteiger partial charge in [0, 0.05) is 17.2 Å². The summed E-state index contributed by atoms with van der Waals surface area (Å²) in [4.78, 5) is 8.46. The zero-order valence-corrected chi connectivity index (χ0v) is 12.4. The maximum absolute atomic E-state index is 6.04. The molecule has 2 aromatic rings. The van der Waals surface area contributed by atoms with Gasteiger partial charge in [0.1, 0.15) is 5.82 Å². The van der Waals surface area contributed by atoms with E-state index in [1.807, 2.05) is 18.3 Å². The van der Waals surface area contributed by atoms with E-state index in [-0.39, 0.29) is 18.3 Å². The first kappa shape index (κ1) is 12.9. The van der Waals surface area contributed by atoms with Crippen LogP contribution in [0.5, 0.6) is 0 Å². The molecule has 2 aromatic heterocycles. The van der Waals surface area contributed by atoms with Gasteiger partial charge in [-0.05, 0) is 33.8 Å². The van der Waals surface area contributed by atoms with E-state index in [4.69, 9.17) is 9.31 Å². The van der Waals surface area contributed by atoms with Crippen LogP contribution in [-0.2, 0) is 9.31 Å². The molecule has 0 atom stereocenters. The van der Waals surface area contributed by atoms with Gasteiger partial charge in [-0.3, -0.25) is 0 Å². The van der Waals surface area contributed by atoms with Crippen LogP contribution in [0.4, 0.5) is 0 Å². The molecule has 1 fully saturated rings. The lowest BCUT2D eigenvalue weighted by molar-refractivity contribution is 0.00578. The molecule has 19 heavy (non-hydrogen) atoms. The molecule has 1 N–H and O–H groups in total. The fraction of sp³-hybridized carbons (Fsp3) is 0.462. The molecular weight excluding hydrogens is 259 g/mol. The molecular formula is C13H17BN2O2S. The van der Waals surface area contributed by atoms with Crippen molar-refractivity contribution in [3.8, 4) is 10.7 Å². The van der Waals surface area contributed by atoms with E-state index in [0.717, 1.165) is 15.5 Å². The van der Waals surface area contributed by atoms with E-state index in [9.17, 15) is 0 Å². The second kappa shape index (κ2) is 4.20. The topological polar surface area (TPSA) is 47.1 Å². The molecule has 0 aliphatic carbocycles. The molecule has 6 heteroatoms. The van der Waals surface area contributed by atoms with E-state index >= 15 is 0 Å². The third-order valence-electron chi connectivity index (χ3n) is 3.84. The predicted octanol–water partition coefficient (Wildman–Crippen LogP) is 2.44. The molecule has 1 saturated heterocycles. The summed E-state index contributed by atoms with van der Waals surface area (Å²) in [6, 6.07) is 4.09. The van der Waals surface area contributed by atoms with Crippen LogP contribution in [0.2, 0.25) is 0 Å². The Kier molecular flexibility index (Phi) is 2.85. The number of H-pyrrole nitrogens is 1. The number of aromatic amines is 1. The molecule has 0 saturated carbocycles. The van der Waals surface area contributed by atoms with E-state index < -0.39 is 0 Å². The highest BCUT2D eigenvalue weighted by molar-refractivity contribution is 7.25. The van der Waals surface area contributed by atoms with Crippen LogP contribution in [0.3, 0.4) is 0 Å². The highest BCUT2D eigenvalue weighted by Crippen LogP contribution is 2.37. The van der Waals surface area contributed by atoms with Gasteiger partial charge in [0.15, 0.2) is 0 Å². The van der Waals surface area contributed by atoms with E-state index in [1.165, 1.54) is 0 Å². The Hall–Kier alpha value is -1.11. The predicted molar refractivity (Wildman–Crippen MR) is 77.6 cm³/mol. The van der Waals surface area contributed by atoms with Crippen LogP contribution in [0.15, 0.2) is 24.5 Å². The minimum atomic E-state index is -0.299. The highest BCUT2D eigenvalue weighted by Gasteiger charge is 2.52. The van der Waals surface area contributed by atoms with Crippen molar-refractivity contribution >= 4 is 23.2 Å². The minimum absolute atomic E-state index is 0.293. The number of aromatic nitrogens is 2. The molecule has 1 aliphatic rings. The second-order valence-corrected chi connectivity index (χ2v) is 6.84. The van der Waals surface area contributed by atoms with Crippen molar-refractivity contribution < 1.29 is 9.31 Å². The van der Waals surface area contributed by atoms with Gasteiger partial charge in [-0.25, -0.2) is 4.98 Å². The fourth-order valence-corrected chi connectivity index (χ4v) is 2.89. The van der Waals surface area contributed by atoms with Crippen molar-refractivity contribution in [2.24, 2.45) is 0 Å². The Balaban J connectivity index is 1.85. The number of thiophene rings is 1. The van der Waals surface area contributed by atoms with Crippen molar-refractivity contribution in [3.63, 3.8) is 0 Å². The number of hydrogen-bond donors (Lipinski definition) is 1. The van der Waals surface area contributed by atoms with Crippen LogP contribution in [-0.4, -0.2) is 28.3 Å². The Bertz CT molecular complexity index is 561. The van der Waals surface area contributed by atoms with Gasteiger partial charge in [-0.1, -0.05) is 6.07 Å². The van der Waals surface area contributed by atoms with Crippen LogP contribution in [0.1, 0.15) is 27.7 Å². The summed E-state index contributed by atoms with van der Waals surface area (Å²) in [6.07, 6.45) is 3.58. The molecule has 0 spiro atoms. The summed E-state index contributed by atoms with van der Waals surface area (Å²) in [5, 5.41) is 0. The van der Waals surface area contributed by atoms with Gasteiger partial charge in [0.05, 0.1) is 16.1 Å². The fourth-order valence-electron chi connectivity index (χ4n) is 1.97. The minimum Gasteiger partial charge on any atom is -0.399 e. The summed E-state index contributed by atoms with van der Waals surface area (Å²) in [7, 11) is -0.293. The van der Waals surface area contributed by atoms with Crippen LogP contribution in [0, 0.1) is 0 Å². The van der Waals surface area contributed by atoms with Crippen LogP contribution >= 0.6 is 11.3 Å². The first-order chi connectivity index (χ1) is 8.89. The van der Waals surface area contributed by atoms with Gasteiger partial charge in [0.25, 0.3) is 0 Å². The van der Waals surface area contributed by atoms with Gasteiger partial charge in [-0.15, -0.1) is 11.3 Å². The highest BCUT2D eigenvalue weighted by atomic mass is 32.1. The Labute approximate surface area is 117 Å². The van der Waals surface area contributed by atoms with Crippen molar-refractivity contribution in [1.82, 2.24) is 9.97 Å². The van der Waals surface area contributed by atoms with E-state index in [2.05, 4.69) is 37.7 Å². The Morgan fingerprint density at radius 1 is 1.16 bits per heavy atom. The molecule has 0 amide bonds. The smallest absolute Gasteiger partial charge is 0.399 e. The monoisotopic (exact) mass is 276 g/mol. The maximum atomic E-state index is 6.04. The van der Waals surface area contributed by atoms with Crippen molar-refractivity contribution in [2.75, 3.05) is 0 Å². The lowest BCUT2D eigenvalue weighted by Crippen LogP contribution is -2.41. The first-order valence-electron chi connectivity index (χ1n) is 6.34. The average Bonchev–Trinajstić information content (AvgIpc) is 3.00.